The quantitative estimate of drug-likeness (QED) is 0.377. The van der Waals surface area contributed by atoms with Gasteiger partial charge in [0.05, 0.1) is 4.91 Å². The summed E-state index contributed by atoms with van der Waals surface area (Å²) in [5.41, 5.74) is 2.71. The third kappa shape index (κ3) is 2.82. The van der Waals surface area contributed by atoms with Gasteiger partial charge in [0, 0.05) is 22.2 Å². The number of aliphatic hydroxyl groups is 1. The Bertz CT molecular complexity index is 734. The van der Waals surface area contributed by atoms with E-state index in [9.17, 15) is 23.1 Å². The first-order valence-electron chi connectivity index (χ1n) is 6.27. The van der Waals surface area contributed by atoms with Gasteiger partial charge in [-0.1, -0.05) is 12.7 Å². The van der Waals surface area contributed by atoms with Gasteiger partial charge in [-0.3, -0.25) is 14.9 Å². The van der Waals surface area contributed by atoms with E-state index in [4.69, 9.17) is 0 Å². The van der Waals surface area contributed by atoms with Gasteiger partial charge in [-0.2, -0.15) is 4.31 Å². The van der Waals surface area contributed by atoms with Crippen LogP contribution in [0.5, 0.6) is 0 Å². The second kappa shape index (κ2) is 6.47. The highest BCUT2D eigenvalue weighted by atomic mass is 127. The molecule has 2 atom stereocenters. The van der Waals surface area contributed by atoms with Crippen LogP contribution in [0.2, 0.25) is 0 Å². The lowest BCUT2D eigenvalue weighted by Gasteiger charge is -2.30. The molecule has 7 nitrogen and oxygen atoms in total. The summed E-state index contributed by atoms with van der Waals surface area (Å²) in [5, 5.41) is 12.4. The molecule has 0 aliphatic carbocycles. The number of halogens is 1. The summed E-state index contributed by atoms with van der Waals surface area (Å²) in [4.78, 5) is 22.9. The molecule has 118 valence electrons. The van der Waals surface area contributed by atoms with Gasteiger partial charge < -0.3 is 5.11 Å². The maximum atomic E-state index is 12.6. The molecule has 1 saturated heterocycles. The number of aliphatic hydroxyl groups excluding tert-OH is 1. The molecule has 1 fully saturated rings. The minimum Gasteiger partial charge on any atom is -0.373 e. The molecule has 2 aliphatic heterocycles. The molecule has 2 aliphatic rings. The molecule has 0 aromatic heterocycles. The second-order valence-corrected chi connectivity index (χ2v) is 7.05. The summed E-state index contributed by atoms with van der Waals surface area (Å²) in [6.07, 6.45) is 0.957. The van der Waals surface area contributed by atoms with E-state index in [1.165, 1.54) is 16.2 Å². The molecule has 9 heteroatoms. The van der Waals surface area contributed by atoms with Crippen molar-refractivity contribution in [3.63, 3.8) is 0 Å². The van der Waals surface area contributed by atoms with Crippen molar-refractivity contribution < 1.29 is 23.1 Å². The molecule has 0 saturated carbocycles. The van der Waals surface area contributed by atoms with Crippen LogP contribution < -0.4 is 5.32 Å². The fourth-order valence-corrected chi connectivity index (χ4v) is 4.42. The summed E-state index contributed by atoms with van der Waals surface area (Å²) < 4.78 is 27.4. The average Bonchev–Trinajstić information content (AvgIpc) is 2.63. The summed E-state index contributed by atoms with van der Waals surface area (Å²) >= 11 is 1.88. The van der Waals surface area contributed by atoms with E-state index in [1.807, 2.05) is 22.6 Å². The monoisotopic (exact) mass is 436 g/mol. The van der Waals surface area contributed by atoms with Crippen LogP contribution in [0.15, 0.2) is 39.0 Å². The van der Waals surface area contributed by atoms with Gasteiger partial charge in [0.2, 0.25) is 21.8 Å². The second-order valence-electron chi connectivity index (χ2n) is 4.62. The van der Waals surface area contributed by atoms with E-state index in [0.717, 1.165) is 0 Å². The zero-order valence-electron chi connectivity index (χ0n) is 11.3. The number of sulfonamides is 1. The Balaban J connectivity index is 2.49. The molecule has 0 aromatic carbocycles. The van der Waals surface area contributed by atoms with E-state index in [1.54, 1.807) is 0 Å². The van der Waals surface area contributed by atoms with Crippen LogP contribution in [-0.4, -0.2) is 41.9 Å². The maximum absolute atomic E-state index is 12.6. The molecule has 2 heterocycles. The molecule has 0 bridgehead atoms. The number of piperidine rings is 1. The molecular formula is C13H13IN2O5S. The fourth-order valence-electron chi connectivity index (χ4n) is 2.39. The number of nitrogens with one attached hydrogen (secondary N) is 1. The van der Waals surface area contributed by atoms with Gasteiger partial charge in [-0.05, 0) is 29.0 Å². The molecule has 0 spiro atoms. The van der Waals surface area contributed by atoms with Crippen molar-refractivity contribution in [1.82, 2.24) is 9.62 Å². The van der Waals surface area contributed by atoms with E-state index >= 15 is 0 Å². The van der Waals surface area contributed by atoms with Crippen LogP contribution in [0.3, 0.4) is 0 Å². The molecule has 2 rings (SSSR count). The van der Waals surface area contributed by atoms with Gasteiger partial charge in [-0.25, -0.2) is 8.42 Å². The highest BCUT2D eigenvalue weighted by molar-refractivity contribution is 14.1. The smallest absolute Gasteiger partial charge is 0.247 e. The normalized spacial score (nSPS) is 28.1. The van der Waals surface area contributed by atoms with Crippen molar-refractivity contribution in [2.45, 2.75) is 25.1 Å². The third-order valence-corrected chi connectivity index (χ3v) is 5.65. The van der Waals surface area contributed by atoms with Crippen molar-refractivity contribution in [1.29, 1.82) is 0 Å². The summed E-state index contributed by atoms with van der Waals surface area (Å²) in [5.74, 6) is -1.20. The van der Waals surface area contributed by atoms with Crippen molar-refractivity contribution in [2.75, 3.05) is 0 Å². The van der Waals surface area contributed by atoms with Crippen molar-refractivity contribution in [3.05, 3.63) is 39.0 Å². The standard InChI is InChI=1S/C13H13IN2O5S/c1-2-8-10(4-3-7-14)22(20,21)16(13(8)19)9-5-6-11(17)15-12(9)18/h2,4,7,9,13,19H,1,5-6H2,(H,15,17,18). The van der Waals surface area contributed by atoms with Gasteiger partial charge in [0.25, 0.3) is 0 Å². The van der Waals surface area contributed by atoms with Crippen molar-refractivity contribution >= 4 is 44.4 Å². The van der Waals surface area contributed by atoms with Crippen LogP contribution >= 0.6 is 22.6 Å². The van der Waals surface area contributed by atoms with Crippen molar-refractivity contribution in [3.8, 4) is 0 Å². The number of hydrogen-bond donors (Lipinski definition) is 2. The predicted octanol–water partition coefficient (Wildman–Crippen LogP) is 0.299. The zero-order valence-corrected chi connectivity index (χ0v) is 14.3. The average molecular weight is 436 g/mol. The number of imide groups is 1. The molecule has 22 heavy (non-hydrogen) atoms. The number of allylic oxidation sites excluding steroid dienone is 1. The highest BCUT2D eigenvalue weighted by Gasteiger charge is 2.49. The molecule has 2 N–H and O–H groups in total. The minimum atomic E-state index is -4.08. The Morgan fingerprint density at radius 3 is 2.68 bits per heavy atom. The predicted molar refractivity (Wildman–Crippen MR) is 86.8 cm³/mol. The lowest BCUT2D eigenvalue weighted by atomic mass is 10.1. The topological polar surface area (TPSA) is 104 Å². The summed E-state index contributed by atoms with van der Waals surface area (Å²) in [7, 11) is -4.08. The molecule has 2 amide bonds. The fraction of sp³-hybridized carbons (Fsp3) is 0.308. The SMILES string of the molecule is C=CC1=C(C=C=CI)S(=O)(=O)N(C2CCC(=O)NC2=O)C1O. The zero-order chi connectivity index (χ0) is 16.5. The maximum Gasteiger partial charge on any atom is 0.247 e. The van der Waals surface area contributed by atoms with Gasteiger partial charge in [0.1, 0.15) is 12.3 Å². The van der Waals surface area contributed by atoms with Gasteiger partial charge in [0.15, 0.2) is 0 Å². The van der Waals surface area contributed by atoms with Gasteiger partial charge >= 0.3 is 0 Å². The largest absolute Gasteiger partial charge is 0.373 e. The molecule has 0 aromatic rings. The number of nitrogens with zero attached hydrogens (tertiary/aromatic N) is 1. The van der Waals surface area contributed by atoms with Crippen LogP contribution in [0.25, 0.3) is 0 Å². The number of rotatable bonds is 3. The van der Waals surface area contributed by atoms with E-state index in [-0.39, 0.29) is 23.3 Å². The Hall–Kier alpha value is -1.26. The Morgan fingerprint density at radius 1 is 1.45 bits per heavy atom. The van der Waals surface area contributed by atoms with Crippen molar-refractivity contribution in [2.24, 2.45) is 0 Å². The number of carbonyl (C=O) groups is 2. The first-order valence-corrected chi connectivity index (χ1v) is 8.96. The van der Waals surface area contributed by atoms with Gasteiger partial charge in [-0.15, -0.1) is 5.73 Å². The molecule has 2 unspecified atom stereocenters. The van der Waals surface area contributed by atoms with E-state index in [0.29, 0.717) is 4.31 Å². The van der Waals surface area contributed by atoms with Crippen LogP contribution in [-0.2, 0) is 19.6 Å². The number of hydrogen-bond acceptors (Lipinski definition) is 5. The minimum absolute atomic E-state index is 0.0113. The lowest BCUT2D eigenvalue weighted by Crippen LogP contribution is -2.55. The third-order valence-electron chi connectivity index (χ3n) is 3.37. The summed E-state index contributed by atoms with van der Waals surface area (Å²) in [6, 6.07) is -1.14. The Morgan fingerprint density at radius 2 is 2.14 bits per heavy atom. The number of carbonyl (C=O) groups excluding carboxylic acids is 2. The molecule has 0 radical (unpaired) electrons. The Kier molecular flexibility index (Phi) is 5.03. The molecular weight excluding hydrogens is 423 g/mol. The lowest BCUT2D eigenvalue weighted by molar-refractivity contribution is -0.137. The van der Waals surface area contributed by atoms with E-state index < -0.39 is 34.1 Å². The van der Waals surface area contributed by atoms with E-state index in [2.05, 4.69) is 17.6 Å². The van der Waals surface area contributed by atoms with Crippen LogP contribution in [0, 0.1) is 0 Å². The highest BCUT2D eigenvalue weighted by Crippen LogP contribution is 2.36. The van der Waals surface area contributed by atoms with Crippen LogP contribution in [0.1, 0.15) is 12.8 Å². The summed E-state index contributed by atoms with van der Waals surface area (Å²) in [6.45, 7) is 3.50. The number of amides is 2. The first kappa shape index (κ1) is 17.1. The van der Waals surface area contributed by atoms with Crippen LogP contribution in [0.4, 0.5) is 0 Å². The Labute approximate surface area is 141 Å². The first-order chi connectivity index (χ1) is 10.3.